The van der Waals surface area contributed by atoms with Crippen LogP contribution in [0.25, 0.3) is 11.5 Å². The number of aromatic amines is 1. The molecule has 6 heteroatoms. The van der Waals surface area contributed by atoms with Gasteiger partial charge in [-0.05, 0) is 44.6 Å². The summed E-state index contributed by atoms with van der Waals surface area (Å²) in [6, 6.07) is 15.8. The number of hydrogen-bond donors (Lipinski definition) is 1. The van der Waals surface area contributed by atoms with Crippen molar-refractivity contribution >= 4 is 5.91 Å². The molecule has 6 nitrogen and oxygen atoms in total. The Kier molecular flexibility index (Phi) is 6.44. The van der Waals surface area contributed by atoms with Gasteiger partial charge in [0.2, 0.25) is 0 Å². The van der Waals surface area contributed by atoms with Crippen molar-refractivity contribution in [1.82, 2.24) is 20.0 Å². The van der Waals surface area contributed by atoms with E-state index in [1.165, 1.54) is 5.56 Å². The normalized spacial score (nSPS) is 11.1. The first-order valence-corrected chi connectivity index (χ1v) is 9.20. The van der Waals surface area contributed by atoms with Gasteiger partial charge in [-0.15, -0.1) is 0 Å². The Balaban J connectivity index is 1.65. The summed E-state index contributed by atoms with van der Waals surface area (Å²) in [6.07, 6.45) is 3.47. The third-order valence-corrected chi connectivity index (χ3v) is 4.42. The SMILES string of the molecule is CN(C)CCN(CCCc1ccccc1)C(=O)c1cc(-c2ccco2)[nH]n1. The number of aromatic nitrogens is 2. The van der Waals surface area contributed by atoms with E-state index < -0.39 is 0 Å². The van der Waals surface area contributed by atoms with Crippen LogP contribution in [0.15, 0.2) is 59.2 Å². The van der Waals surface area contributed by atoms with Crippen molar-refractivity contribution in [2.45, 2.75) is 12.8 Å². The summed E-state index contributed by atoms with van der Waals surface area (Å²) in [6.45, 7) is 2.18. The minimum Gasteiger partial charge on any atom is -0.463 e. The van der Waals surface area contributed by atoms with Crippen molar-refractivity contribution in [1.29, 1.82) is 0 Å². The molecule has 1 amide bonds. The Morgan fingerprint density at radius 3 is 2.59 bits per heavy atom. The fourth-order valence-electron chi connectivity index (χ4n) is 2.91. The standard InChI is InChI=1S/C21H26N4O2/c1-24(2)13-14-25(12-6-10-17-8-4-3-5-9-17)21(26)19-16-18(22-23-19)20-11-7-15-27-20/h3-5,7-9,11,15-16H,6,10,12-14H2,1-2H3,(H,22,23). The summed E-state index contributed by atoms with van der Waals surface area (Å²) in [4.78, 5) is 16.9. The molecule has 0 aliphatic heterocycles. The first-order chi connectivity index (χ1) is 13.1. The predicted molar refractivity (Wildman–Crippen MR) is 106 cm³/mol. The molecule has 2 aromatic heterocycles. The highest BCUT2D eigenvalue weighted by molar-refractivity contribution is 5.93. The Hall–Kier alpha value is -2.86. The van der Waals surface area contributed by atoms with Crippen molar-refractivity contribution in [2.75, 3.05) is 33.7 Å². The molecule has 0 saturated heterocycles. The molecular weight excluding hydrogens is 340 g/mol. The van der Waals surface area contributed by atoms with Crippen LogP contribution in [-0.4, -0.2) is 59.6 Å². The molecule has 0 saturated carbocycles. The van der Waals surface area contributed by atoms with Gasteiger partial charge < -0.3 is 14.2 Å². The summed E-state index contributed by atoms with van der Waals surface area (Å²) >= 11 is 0. The van der Waals surface area contributed by atoms with Crippen LogP contribution in [0.3, 0.4) is 0 Å². The number of hydrogen-bond acceptors (Lipinski definition) is 4. The van der Waals surface area contributed by atoms with Gasteiger partial charge in [0, 0.05) is 25.7 Å². The van der Waals surface area contributed by atoms with E-state index in [1.54, 1.807) is 12.3 Å². The van der Waals surface area contributed by atoms with Gasteiger partial charge in [0.05, 0.1) is 6.26 Å². The van der Waals surface area contributed by atoms with Crippen molar-refractivity contribution in [3.8, 4) is 11.5 Å². The molecule has 0 spiro atoms. The molecule has 2 heterocycles. The molecule has 1 N–H and O–H groups in total. The van der Waals surface area contributed by atoms with Gasteiger partial charge in [0.1, 0.15) is 5.69 Å². The summed E-state index contributed by atoms with van der Waals surface area (Å²) in [5.41, 5.74) is 2.41. The van der Waals surface area contributed by atoms with Crippen LogP contribution in [0.1, 0.15) is 22.5 Å². The predicted octanol–water partition coefficient (Wildman–Crippen LogP) is 3.31. The van der Waals surface area contributed by atoms with Crippen LogP contribution in [-0.2, 0) is 6.42 Å². The monoisotopic (exact) mass is 366 g/mol. The third-order valence-electron chi connectivity index (χ3n) is 4.42. The van der Waals surface area contributed by atoms with E-state index >= 15 is 0 Å². The lowest BCUT2D eigenvalue weighted by Gasteiger charge is -2.23. The number of furan rings is 1. The number of carbonyl (C=O) groups is 1. The quantitative estimate of drug-likeness (QED) is 0.631. The largest absolute Gasteiger partial charge is 0.463 e. The smallest absolute Gasteiger partial charge is 0.274 e. The van der Waals surface area contributed by atoms with Crippen LogP contribution in [0.2, 0.25) is 0 Å². The van der Waals surface area contributed by atoms with Crippen molar-refractivity contribution in [3.05, 3.63) is 66.1 Å². The first-order valence-electron chi connectivity index (χ1n) is 9.20. The number of rotatable bonds is 9. The second-order valence-electron chi connectivity index (χ2n) is 6.83. The second-order valence-corrected chi connectivity index (χ2v) is 6.83. The number of aryl methyl sites for hydroxylation is 1. The molecule has 27 heavy (non-hydrogen) atoms. The van der Waals surface area contributed by atoms with E-state index in [0.717, 1.165) is 19.4 Å². The fourth-order valence-corrected chi connectivity index (χ4v) is 2.91. The van der Waals surface area contributed by atoms with Crippen LogP contribution >= 0.6 is 0 Å². The topological polar surface area (TPSA) is 65.4 Å². The van der Waals surface area contributed by atoms with Gasteiger partial charge >= 0.3 is 0 Å². The third kappa shape index (κ3) is 5.31. The van der Waals surface area contributed by atoms with E-state index in [9.17, 15) is 4.79 Å². The van der Waals surface area contributed by atoms with E-state index in [1.807, 2.05) is 49.3 Å². The number of H-pyrrole nitrogens is 1. The zero-order chi connectivity index (χ0) is 19.1. The number of benzene rings is 1. The van der Waals surface area contributed by atoms with E-state index in [4.69, 9.17) is 4.42 Å². The number of nitrogens with one attached hydrogen (secondary N) is 1. The van der Waals surface area contributed by atoms with E-state index in [2.05, 4.69) is 27.2 Å². The molecule has 0 radical (unpaired) electrons. The van der Waals surface area contributed by atoms with E-state index in [0.29, 0.717) is 30.2 Å². The zero-order valence-electron chi connectivity index (χ0n) is 15.9. The second kappa shape index (κ2) is 9.19. The molecule has 0 fully saturated rings. The highest BCUT2D eigenvalue weighted by Gasteiger charge is 2.19. The highest BCUT2D eigenvalue weighted by atomic mass is 16.3. The number of nitrogens with zero attached hydrogens (tertiary/aromatic N) is 3. The Morgan fingerprint density at radius 1 is 1.07 bits per heavy atom. The van der Waals surface area contributed by atoms with Gasteiger partial charge in [-0.3, -0.25) is 9.89 Å². The van der Waals surface area contributed by atoms with E-state index in [-0.39, 0.29) is 5.91 Å². The molecule has 142 valence electrons. The Morgan fingerprint density at radius 2 is 1.89 bits per heavy atom. The van der Waals surface area contributed by atoms with Gasteiger partial charge in [-0.2, -0.15) is 5.10 Å². The maximum Gasteiger partial charge on any atom is 0.274 e. The summed E-state index contributed by atoms with van der Waals surface area (Å²) in [5, 5.41) is 7.09. The molecule has 3 aromatic rings. The van der Waals surface area contributed by atoms with Gasteiger partial charge in [0.15, 0.2) is 11.5 Å². The minimum atomic E-state index is -0.0565. The lowest BCUT2D eigenvalue weighted by molar-refractivity contribution is 0.0737. The molecule has 0 bridgehead atoms. The van der Waals surface area contributed by atoms with Crippen molar-refractivity contribution in [2.24, 2.45) is 0 Å². The molecular formula is C21H26N4O2. The lowest BCUT2D eigenvalue weighted by Crippen LogP contribution is -2.37. The minimum absolute atomic E-state index is 0.0565. The molecule has 0 aliphatic carbocycles. The maximum absolute atomic E-state index is 13.0. The lowest BCUT2D eigenvalue weighted by atomic mass is 10.1. The van der Waals surface area contributed by atoms with Crippen LogP contribution in [0, 0.1) is 0 Å². The summed E-state index contributed by atoms with van der Waals surface area (Å²) < 4.78 is 5.36. The first kappa shape index (κ1) is 18.9. The highest BCUT2D eigenvalue weighted by Crippen LogP contribution is 2.18. The van der Waals surface area contributed by atoms with Crippen molar-refractivity contribution < 1.29 is 9.21 Å². The van der Waals surface area contributed by atoms with Crippen LogP contribution in [0.4, 0.5) is 0 Å². The average molecular weight is 366 g/mol. The average Bonchev–Trinajstić information content (AvgIpc) is 3.36. The fraction of sp³-hybridized carbons (Fsp3) is 0.333. The maximum atomic E-state index is 13.0. The Bertz CT molecular complexity index is 825. The van der Waals surface area contributed by atoms with Gasteiger partial charge in [-0.1, -0.05) is 30.3 Å². The van der Waals surface area contributed by atoms with Crippen LogP contribution < -0.4 is 0 Å². The van der Waals surface area contributed by atoms with Crippen LogP contribution in [0.5, 0.6) is 0 Å². The molecule has 0 aliphatic rings. The van der Waals surface area contributed by atoms with Crippen molar-refractivity contribution in [3.63, 3.8) is 0 Å². The summed E-state index contributed by atoms with van der Waals surface area (Å²) in [5.74, 6) is 0.615. The van der Waals surface area contributed by atoms with Gasteiger partial charge in [-0.25, -0.2) is 0 Å². The van der Waals surface area contributed by atoms with Gasteiger partial charge in [0.25, 0.3) is 5.91 Å². The molecule has 1 aromatic carbocycles. The number of carbonyl (C=O) groups excluding carboxylic acids is 1. The zero-order valence-corrected chi connectivity index (χ0v) is 15.9. The molecule has 0 atom stereocenters. The molecule has 0 unspecified atom stereocenters. The molecule has 3 rings (SSSR count). The number of amides is 1. The summed E-state index contributed by atoms with van der Waals surface area (Å²) in [7, 11) is 4.02. The Labute approximate surface area is 159 Å². The number of likely N-dealkylation sites (N-methyl/N-ethyl adjacent to an activating group) is 1.